The maximum absolute atomic E-state index is 12.2. The van der Waals surface area contributed by atoms with Gasteiger partial charge in [0.25, 0.3) is 5.91 Å². The van der Waals surface area contributed by atoms with Crippen LogP contribution in [0.5, 0.6) is 0 Å². The number of pyridine rings is 1. The minimum atomic E-state index is -0.290. The Morgan fingerprint density at radius 1 is 1.04 bits per heavy atom. The lowest BCUT2D eigenvalue weighted by atomic mass is 10.2. The molecule has 2 aromatic heterocycles. The van der Waals surface area contributed by atoms with Crippen molar-refractivity contribution in [1.29, 1.82) is 5.26 Å². The molecule has 2 heterocycles. The van der Waals surface area contributed by atoms with Crippen LogP contribution in [0, 0.1) is 11.3 Å². The predicted octanol–water partition coefficient (Wildman–Crippen LogP) is 2.42. The van der Waals surface area contributed by atoms with E-state index in [1.165, 1.54) is 6.20 Å². The summed E-state index contributed by atoms with van der Waals surface area (Å²) < 4.78 is 0. The molecule has 0 atom stereocenters. The summed E-state index contributed by atoms with van der Waals surface area (Å²) in [6.45, 7) is 0.393. The first-order chi connectivity index (χ1) is 12.2. The van der Waals surface area contributed by atoms with Crippen molar-refractivity contribution in [2.45, 2.75) is 6.54 Å². The van der Waals surface area contributed by atoms with Crippen molar-refractivity contribution >= 4 is 17.5 Å². The number of hydrogen-bond donors (Lipinski definition) is 2. The number of anilines is 2. The lowest BCUT2D eigenvalue weighted by Crippen LogP contribution is -2.24. The molecule has 1 aromatic carbocycles. The fraction of sp³-hybridized carbons (Fsp3) is 0.0556. The number of benzene rings is 1. The van der Waals surface area contributed by atoms with Crippen LogP contribution in [-0.2, 0) is 6.54 Å². The summed E-state index contributed by atoms with van der Waals surface area (Å²) in [4.78, 5) is 24.5. The molecule has 7 heteroatoms. The third-order valence-electron chi connectivity index (χ3n) is 3.36. The zero-order valence-corrected chi connectivity index (χ0v) is 13.2. The molecule has 0 radical (unpaired) electrons. The van der Waals surface area contributed by atoms with Gasteiger partial charge in [-0.25, -0.2) is 9.97 Å². The van der Waals surface area contributed by atoms with Crippen LogP contribution >= 0.6 is 0 Å². The van der Waals surface area contributed by atoms with Gasteiger partial charge in [0.15, 0.2) is 0 Å². The van der Waals surface area contributed by atoms with Gasteiger partial charge in [-0.1, -0.05) is 0 Å². The van der Waals surface area contributed by atoms with E-state index in [2.05, 4.69) is 31.7 Å². The highest BCUT2D eigenvalue weighted by molar-refractivity contribution is 5.92. The van der Waals surface area contributed by atoms with Crippen molar-refractivity contribution in [2.75, 3.05) is 5.32 Å². The van der Waals surface area contributed by atoms with E-state index in [1.54, 1.807) is 42.7 Å². The Labute approximate surface area is 144 Å². The van der Waals surface area contributed by atoms with Crippen LogP contribution in [0.25, 0.3) is 0 Å². The summed E-state index contributed by atoms with van der Waals surface area (Å²) in [6.07, 6.45) is 4.86. The van der Waals surface area contributed by atoms with Crippen LogP contribution in [0.3, 0.4) is 0 Å². The Kier molecular flexibility index (Phi) is 4.93. The van der Waals surface area contributed by atoms with Gasteiger partial charge in [-0.15, -0.1) is 0 Å². The molecule has 7 nitrogen and oxygen atoms in total. The van der Waals surface area contributed by atoms with Crippen LogP contribution in [0.2, 0.25) is 0 Å². The second-order valence-electron chi connectivity index (χ2n) is 5.12. The van der Waals surface area contributed by atoms with Crippen LogP contribution in [0.15, 0.2) is 61.1 Å². The zero-order valence-electron chi connectivity index (χ0n) is 13.2. The number of aromatic nitrogens is 3. The Bertz CT molecular complexity index is 903. The number of nitriles is 1. The lowest BCUT2D eigenvalue weighted by Gasteiger charge is -2.07. The highest BCUT2D eigenvalue weighted by Crippen LogP contribution is 2.13. The molecule has 0 aliphatic carbocycles. The molecule has 0 saturated carbocycles. The van der Waals surface area contributed by atoms with E-state index < -0.39 is 0 Å². The van der Waals surface area contributed by atoms with Crippen LogP contribution in [-0.4, -0.2) is 20.9 Å². The van der Waals surface area contributed by atoms with E-state index >= 15 is 0 Å². The molecule has 1 amide bonds. The van der Waals surface area contributed by atoms with E-state index in [0.29, 0.717) is 18.1 Å². The van der Waals surface area contributed by atoms with E-state index in [4.69, 9.17) is 5.26 Å². The number of hydrogen-bond acceptors (Lipinski definition) is 6. The number of carbonyl (C=O) groups excluding carboxylic acids is 1. The Hall–Kier alpha value is -3.79. The third-order valence-corrected chi connectivity index (χ3v) is 3.36. The fourth-order valence-electron chi connectivity index (χ4n) is 2.08. The molecule has 0 aliphatic heterocycles. The normalized spacial score (nSPS) is 9.88. The van der Waals surface area contributed by atoms with Crippen LogP contribution in [0.1, 0.15) is 21.6 Å². The maximum Gasteiger partial charge on any atom is 0.270 e. The Balaban J connectivity index is 1.66. The van der Waals surface area contributed by atoms with Gasteiger partial charge in [0.05, 0.1) is 11.6 Å². The van der Waals surface area contributed by atoms with Gasteiger partial charge in [-0.05, 0) is 48.0 Å². The van der Waals surface area contributed by atoms with Crippen molar-refractivity contribution in [3.8, 4) is 6.07 Å². The quantitative estimate of drug-likeness (QED) is 0.744. The third kappa shape index (κ3) is 4.36. The molecule has 25 heavy (non-hydrogen) atoms. The molecule has 0 unspecified atom stereocenters. The van der Waals surface area contributed by atoms with Crippen LogP contribution in [0.4, 0.5) is 11.6 Å². The zero-order chi connectivity index (χ0) is 17.5. The van der Waals surface area contributed by atoms with E-state index in [-0.39, 0.29) is 11.6 Å². The molecule has 0 fully saturated rings. The van der Waals surface area contributed by atoms with Crippen molar-refractivity contribution in [1.82, 2.24) is 20.3 Å². The predicted molar refractivity (Wildman–Crippen MR) is 91.9 cm³/mol. The molecule has 0 saturated heterocycles. The minimum absolute atomic E-state index is 0.264. The number of nitrogens with one attached hydrogen (secondary N) is 2. The number of nitrogens with zero attached hydrogens (tertiary/aromatic N) is 4. The smallest absolute Gasteiger partial charge is 0.270 e. The second-order valence-corrected chi connectivity index (χ2v) is 5.12. The lowest BCUT2D eigenvalue weighted by molar-refractivity contribution is 0.0946. The summed E-state index contributed by atoms with van der Waals surface area (Å²) >= 11 is 0. The summed E-state index contributed by atoms with van der Waals surface area (Å²) in [5, 5.41) is 14.6. The summed E-state index contributed by atoms with van der Waals surface area (Å²) in [5.74, 6) is 0.0170. The summed E-state index contributed by atoms with van der Waals surface area (Å²) in [5.41, 5.74) is 2.51. The van der Waals surface area contributed by atoms with Crippen LogP contribution < -0.4 is 10.6 Å². The molecule has 122 valence electrons. The van der Waals surface area contributed by atoms with Crippen molar-refractivity contribution in [2.24, 2.45) is 0 Å². The molecule has 0 spiro atoms. The maximum atomic E-state index is 12.2. The minimum Gasteiger partial charge on any atom is -0.347 e. The summed E-state index contributed by atoms with van der Waals surface area (Å²) in [7, 11) is 0. The fourth-order valence-corrected chi connectivity index (χ4v) is 2.08. The molecule has 0 aliphatic rings. The first-order valence-electron chi connectivity index (χ1n) is 7.52. The number of carbonyl (C=O) groups is 1. The van der Waals surface area contributed by atoms with Crippen molar-refractivity contribution in [3.63, 3.8) is 0 Å². The van der Waals surface area contributed by atoms with Gasteiger partial charge in [0, 0.05) is 30.8 Å². The first-order valence-corrected chi connectivity index (χ1v) is 7.52. The van der Waals surface area contributed by atoms with Gasteiger partial charge in [-0.2, -0.15) is 5.26 Å². The highest BCUT2D eigenvalue weighted by Gasteiger charge is 2.09. The largest absolute Gasteiger partial charge is 0.347 e. The standard InChI is InChI=1S/C18H14N6O/c19-11-13-1-3-15(4-2-13)23-18-21-10-7-16(24-18)17(25)22-12-14-5-8-20-9-6-14/h1-10H,12H2,(H,22,25)(H,21,23,24). The Morgan fingerprint density at radius 2 is 1.80 bits per heavy atom. The van der Waals surface area contributed by atoms with E-state index in [1.807, 2.05) is 12.1 Å². The number of rotatable bonds is 5. The topological polar surface area (TPSA) is 104 Å². The van der Waals surface area contributed by atoms with Gasteiger partial charge in [0.1, 0.15) is 5.69 Å². The molecule has 2 N–H and O–H groups in total. The van der Waals surface area contributed by atoms with Crippen molar-refractivity contribution < 1.29 is 4.79 Å². The molecule has 3 aromatic rings. The monoisotopic (exact) mass is 330 g/mol. The first kappa shape index (κ1) is 16.1. The molecular formula is C18H14N6O. The van der Waals surface area contributed by atoms with Crippen molar-refractivity contribution in [3.05, 3.63) is 77.9 Å². The van der Waals surface area contributed by atoms with Gasteiger partial charge < -0.3 is 10.6 Å². The SMILES string of the molecule is N#Cc1ccc(Nc2nccc(C(=O)NCc3ccncc3)n2)cc1. The molecule has 0 bridgehead atoms. The summed E-state index contributed by atoms with van der Waals surface area (Å²) in [6, 6.07) is 14.1. The van der Waals surface area contributed by atoms with Gasteiger partial charge >= 0.3 is 0 Å². The molecular weight excluding hydrogens is 316 g/mol. The second kappa shape index (κ2) is 7.66. The Morgan fingerprint density at radius 3 is 2.52 bits per heavy atom. The average molecular weight is 330 g/mol. The van der Waals surface area contributed by atoms with E-state index in [9.17, 15) is 4.79 Å². The van der Waals surface area contributed by atoms with Gasteiger partial charge in [-0.3, -0.25) is 9.78 Å². The molecule has 3 rings (SSSR count). The highest BCUT2D eigenvalue weighted by atomic mass is 16.1. The average Bonchev–Trinajstić information content (AvgIpc) is 2.68. The van der Waals surface area contributed by atoms with Gasteiger partial charge in [0.2, 0.25) is 5.95 Å². The number of amides is 1. The van der Waals surface area contributed by atoms with E-state index in [0.717, 1.165) is 11.3 Å².